The van der Waals surface area contributed by atoms with Crippen molar-refractivity contribution in [3.63, 3.8) is 0 Å². The first kappa shape index (κ1) is 12.5. The molecule has 0 N–H and O–H groups in total. The summed E-state index contributed by atoms with van der Waals surface area (Å²) in [6.07, 6.45) is 0. The summed E-state index contributed by atoms with van der Waals surface area (Å²) in [5.74, 6) is 0. The van der Waals surface area contributed by atoms with Crippen molar-refractivity contribution in [3.8, 4) is 16.8 Å². The van der Waals surface area contributed by atoms with Gasteiger partial charge in [-0.05, 0) is 30.2 Å². The SMILES string of the molecule is Cc1cc(=O)n(-c2ccc(-c3ccccc3)cc2)n1C. The van der Waals surface area contributed by atoms with Crippen molar-refractivity contribution in [1.82, 2.24) is 9.36 Å². The summed E-state index contributed by atoms with van der Waals surface area (Å²) < 4.78 is 3.53. The lowest BCUT2D eigenvalue weighted by Crippen LogP contribution is -2.19. The molecule has 0 aliphatic rings. The third-order valence-electron chi connectivity index (χ3n) is 3.57. The summed E-state index contributed by atoms with van der Waals surface area (Å²) in [4.78, 5) is 12.0. The minimum absolute atomic E-state index is 0.00235. The average Bonchev–Trinajstić information content (AvgIpc) is 2.73. The Morgan fingerprint density at radius 3 is 2.00 bits per heavy atom. The number of nitrogens with zero attached hydrogens (tertiary/aromatic N) is 2. The summed E-state index contributed by atoms with van der Waals surface area (Å²) >= 11 is 0. The van der Waals surface area contributed by atoms with Gasteiger partial charge in [0.2, 0.25) is 0 Å². The van der Waals surface area contributed by atoms with E-state index in [2.05, 4.69) is 12.1 Å². The molecule has 0 atom stereocenters. The number of aryl methyl sites for hydroxylation is 1. The lowest BCUT2D eigenvalue weighted by Gasteiger charge is -2.09. The highest BCUT2D eigenvalue weighted by Gasteiger charge is 2.07. The second-order valence-corrected chi connectivity index (χ2v) is 4.87. The highest BCUT2D eigenvalue weighted by atomic mass is 16.1. The Bertz CT molecular complexity index is 780. The zero-order valence-electron chi connectivity index (χ0n) is 11.6. The second-order valence-electron chi connectivity index (χ2n) is 4.87. The molecule has 20 heavy (non-hydrogen) atoms. The Morgan fingerprint density at radius 1 is 0.850 bits per heavy atom. The molecule has 0 fully saturated rings. The van der Waals surface area contributed by atoms with Crippen LogP contribution in [-0.2, 0) is 7.05 Å². The van der Waals surface area contributed by atoms with Crippen molar-refractivity contribution in [2.75, 3.05) is 0 Å². The Labute approximate surface area is 117 Å². The minimum atomic E-state index is -0.00235. The van der Waals surface area contributed by atoms with E-state index in [1.807, 2.05) is 61.1 Å². The molecule has 0 bridgehead atoms. The summed E-state index contributed by atoms with van der Waals surface area (Å²) in [5.41, 5.74) is 4.15. The van der Waals surface area contributed by atoms with E-state index in [9.17, 15) is 4.79 Å². The van der Waals surface area contributed by atoms with E-state index >= 15 is 0 Å². The van der Waals surface area contributed by atoms with Gasteiger partial charge in [0.15, 0.2) is 0 Å². The van der Waals surface area contributed by atoms with Crippen molar-refractivity contribution >= 4 is 0 Å². The van der Waals surface area contributed by atoms with E-state index in [1.54, 1.807) is 10.7 Å². The van der Waals surface area contributed by atoms with E-state index in [0.29, 0.717) is 0 Å². The topological polar surface area (TPSA) is 26.9 Å². The first-order valence-corrected chi connectivity index (χ1v) is 6.58. The van der Waals surface area contributed by atoms with Gasteiger partial charge in [0, 0.05) is 18.8 Å². The Kier molecular flexibility index (Phi) is 3.03. The molecule has 3 nitrogen and oxygen atoms in total. The second kappa shape index (κ2) is 4.85. The van der Waals surface area contributed by atoms with Gasteiger partial charge < -0.3 is 0 Å². The quantitative estimate of drug-likeness (QED) is 0.698. The normalized spacial score (nSPS) is 10.7. The van der Waals surface area contributed by atoms with Crippen LogP contribution >= 0.6 is 0 Å². The van der Waals surface area contributed by atoms with Gasteiger partial charge in [-0.1, -0.05) is 42.5 Å². The number of aromatic nitrogens is 2. The number of hydrogen-bond donors (Lipinski definition) is 0. The standard InChI is InChI=1S/C17H16N2O/c1-13-12-17(20)19(18(13)2)16-10-8-15(9-11-16)14-6-4-3-5-7-14/h3-12H,1-2H3. The Hall–Kier alpha value is -2.55. The summed E-state index contributed by atoms with van der Waals surface area (Å²) in [5, 5.41) is 0. The monoisotopic (exact) mass is 264 g/mol. The Morgan fingerprint density at radius 2 is 1.45 bits per heavy atom. The van der Waals surface area contributed by atoms with Crippen LogP contribution in [0.15, 0.2) is 65.5 Å². The third kappa shape index (κ3) is 2.07. The lowest BCUT2D eigenvalue weighted by atomic mass is 10.1. The molecule has 0 amide bonds. The van der Waals surface area contributed by atoms with Gasteiger partial charge in [-0.3, -0.25) is 9.48 Å². The zero-order valence-corrected chi connectivity index (χ0v) is 11.6. The largest absolute Gasteiger partial charge is 0.285 e. The van der Waals surface area contributed by atoms with E-state index in [-0.39, 0.29) is 5.56 Å². The molecule has 3 heteroatoms. The van der Waals surface area contributed by atoms with Crippen LogP contribution in [0.25, 0.3) is 16.8 Å². The number of rotatable bonds is 2. The first-order valence-electron chi connectivity index (χ1n) is 6.58. The van der Waals surface area contributed by atoms with Crippen LogP contribution in [0, 0.1) is 6.92 Å². The van der Waals surface area contributed by atoms with Gasteiger partial charge >= 0.3 is 0 Å². The third-order valence-corrected chi connectivity index (χ3v) is 3.57. The van der Waals surface area contributed by atoms with Gasteiger partial charge in [-0.15, -0.1) is 0 Å². The molecule has 3 rings (SSSR count). The van der Waals surface area contributed by atoms with Crippen molar-refractivity contribution < 1.29 is 0 Å². The molecular formula is C17H16N2O. The molecule has 0 unspecified atom stereocenters. The van der Waals surface area contributed by atoms with Gasteiger partial charge in [-0.25, -0.2) is 4.68 Å². The molecular weight excluding hydrogens is 248 g/mol. The molecule has 0 aliphatic carbocycles. The van der Waals surface area contributed by atoms with Crippen molar-refractivity contribution in [2.45, 2.75) is 6.92 Å². The van der Waals surface area contributed by atoms with Gasteiger partial charge in [-0.2, -0.15) is 0 Å². The van der Waals surface area contributed by atoms with E-state index in [4.69, 9.17) is 0 Å². The van der Waals surface area contributed by atoms with Gasteiger partial charge in [0.05, 0.1) is 5.69 Å². The molecule has 1 aromatic heterocycles. The van der Waals surface area contributed by atoms with E-state index in [1.165, 1.54) is 5.56 Å². The molecule has 2 aromatic carbocycles. The maximum Gasteiger partial charge on any atom is 0.271 e. The maximum absolute atomic E-state index is 12.0. The molecule has 0 aliphatic heterocycles. The number of benzene rings is 2. The van der Waals surface area contributed by atoms with Gasteiger partial charge in [0.25, 0.3) is 5.56 Å². The van der Waals surface area contributed by atoms with Crippen LogP contribution < -0.4 is 5.56 Å². The van der Waals surface area contributed by atoms with Crippen LogP contribution in [0.5, 0.6) is 0 Å². The smallest absolute Gasteiger partial charge is 0.271 e. The maximum atomic E-state index is 12.0. The van der Waals surface area contributed by atoms with E-state index in [0.717, 1.165) is 16.9 Å². The molecule has 3 aromatic rings. The number of hydrogen-bond acceptors (Lipinski definition) is 1. The summed E-state index contributed by atoms with van der Waals surface area (Å²) in [7, 11) is 1.89. The van der Waals surface area contributed by atoms with Crippen LogP contribution in [0.3, 0.4) is 0 Å². The molecule has 100 valence electrons. The average molecular weight is 264 g/mol. The fourth-order valence-corrected chi connectivity index (χ4v) is 2.36. The van der Waals surface area contributed by atoms with Crippen LogP contribution in [-0.4, -0.2) is 9.36 Å². The van der Waals surface area contributed by atoms with Crippen molar-refractivity contribution in [1.29, 1.82) is 0 Å². The zero-order chi connectivity index (χ0) is 14.1. The summed E-state index contributed by atoms with van der Waals surface area (Å²) in [6, 6.07) is 19.9. The molecule has 0 saturated carbocycles. The Balaban J connectivity index is 2.04. The van der Waals surface area contributed by atoms with Crippen molar-refractivity contribution in [3.05, 3.63) is 76.7 Å². The predicted octanol–water partition coefficient (Wildman–Crippen LogP) is 3.15. The van der Waals surface area contributed by atoms with Crippen molar-refractivity contribution in [2.24, 2.45) is 7.05 Å². The highest BCUT2D eigenvalue weighted by molar-refractivity contribution is 5.64. The van der Waals surface area contributed by atoms with Gasteiger partial charge in [0.1, 0.15) is 0 Å². The van der Waals surface area contributed by atoms with E-state index < -0.39 is 0 Å². The predicted molar refractivity (Wildman–Crippen MR) is 81.2 cm³/mol. The molecule has 0 spiro atoms. The summed E-state index contributed by atoms with van der Waals surface area (Å²) in [6.45, 7) is 1.93. The fraction of sp³-hybridized carbons (Fsp3) is 0.118. The van der Waals surface area contributed by atoms with Crippen LogP contribution in [0.4, 0.5) is 0 Å². The lowest BCUT2D eigenvalue weighted by molar-refractivity contribution is 0.630. The minimum Gasteiger partial charge on any atom is -0.285 e. The first-order chi connectivity index (χ1) is 9.66. The molecule has 0 radical (unpaired) electrons. The van der Waals surface area contributed by atoms with Crippen LogP contribution in [0.1, 0.15) is 5.69 Å². The molecule has 1 heterocycles. The fourth-order valence-electron chi connectivity index (χ4n) is 2.36. The van der Waals surface area contributed by atoms with Crippen LogP contribution in [0.2, 0.25) is 0 Å². The highest BCUT2D eigenvalue weighted by Crippen LogP contribution is 2.20. The molecule has 0 saturated heterocycles.